The molecule has 33 heavy (non-hydrogen) atoms. The number of benzene rings is 3. The van der Waals surface area contributed by atoms with Gasteiger partial charge in [0.15, 0.2) is 0 Å². The molecule has 0 bridgehead atoms. The zero-order valence-corrected chi connectivity index (χ0v) is 19.2. The van der Waals surface area contributed by atoms with E-state index in [9.17, 15) is 4.79 Å². The number of hydrogen-bond acceptors (Lipinski definition) is 2. The van der Waals surface area contributed by atoms with Crippen molar-refractivity contribution in [3.05, 3.63) is 102 Å². The van der Waals surface area contributed by atoms with Gasteiger partial charge in [0.1, 0.15) is 5.82 Å². The average Bonchev–Trinajstić information content (AvgIpc) is 3.18. The van der Waals surface area contributed by atoms with Gasteiger partial charge in [-0.25, -0.2) is 4.98 Å². The molecule has 5 rings (SSSR count). The van der Waals surface area contributed by atoms with Crippen LogP contribution in [0.15, 0.2) is 84.9 Å². The quantitative estimate of drug-likeness (QED) is 0.382. The van der Waals surface area contributed by atoms with Crippen LogP contribution in [0, 0.1) is 12.8 Å². The molecule has 0 radical (unpaired) electrons. The predicted octanol–water partition coefficient (Wildman–Crippen LogP) is 5.81. The lowest BCUT2D eigenvalue weighted by Gasteiger charge is -2.33. The van der Waals surface area contributed by atoms with Crippen molar-refractivity contribution in [2.24, 2.45) is 5.92 Å². The lowest BCUT2D eigenvalue weighted by molar-refractivity contribution is -0.132. The third-order valence-corrected chi connectivity index (χ3v) is 7.04. The number of amides is 1. The fourth-order valence-corrected chi connectivity index (χ4v) is 5.15. The van der Waals surface area contributed by atoms with Crippen LogP contribution in [0.1, 0.15) is 42.1 Å². The van der Waals surface area contributed by atoms with Gasteiger partial charge >= 0.3 is 0 Å². The molecule has 4 heteroatoms. The molecule has 1 amide bonds. The summed E-state index contributed by atoms with van der Waals surface area (Å²) in [4.78, 5) is 20.1. The Hall–Kier alpha value is -3.40. The van der Waals surface area contributed by atoms with Crippen molar-refractivity contribution >= 4 is 16.9 Å². The minimum absolute atomic E-state index is 0.0950. The van der Waals surface area contributed by atoms with Crippen LogP contribution in [0.25, 0.3) is 11.0 Å². The molecule has 4 nitrogen and oxygen atoms in total. The van der Waals surface area contributed by atoms with Crippen LogP contribution in [-0.4, -0.2) is 33.4 Å². The van der Waals surface area contributed by atoms with E-state index in [-0.39, 0.29) is 11.8 Å². The van der Waals surface area contributed by atoms with Gasteiger partial charge in [-0.05, 0) is 48.9 Å². The topological polar surface area (TPSA) is 38.1 Å². The number of fused-ring (bicyclic) bond motifs is 1. The van der Waals surface area contributed by atoms with Crippen LogP contribution in [0.5, 0.6) is 0 Å². The number of nitrogens with zero attached hydrogens (tertiary/aromatic N) is 3. The maximum absolute atomic E-state index is 13.3. The predicted molar refractivity (Wildman–Crippen MR) is 133 cm³/mol. The SMILES string of the molecule is Cc1nc2ccccc2n1CC1CCN(C(=O)CC(c2ccccc2)c2ccccc2)CC1. The molecule has 2 heterocycles. The summed E-state index contributed by atoms with van der Waals surface area (Å²) in [6.07, 6.45) is 2.60. The van der Waals surface area contributed by atoms with Crippen LogP contribution in [0.3, 0.4) is 0 Å². The van der Waals surface area contributed by atoms with Crippen molar-refractivity contribution in [1.82, 2.24) is 14.5 Å². The van der Waals surface area contributed by atoms with E-state index in [0.29, 0.717) is 12.3 Å². The van der Waals surface area contributed by atoms with Crippen molar-refractivity contribution in [3.8, 4) is 0 Å². The van der Waals surface area contributed by atoms with E-state index in [1.807, 2.05) is 18.2 Å². The fourth-order valence-electron chi connectivity index (χ4n) is 5.15. The molecule has 0 N–H and O–H groups in total. The van der Waals surface area contributed by atoms with Crippen LogP contribution in [-0.2, 0) is 11.3 Å². The largest absolute Gasteiger partial charge is 0.343 e. The van der Waals surface area contributed by atoms with Gasteiger partial charge in [0.2, 0.25) is 5.91 Å². The van der Waals surface area contributed by atoms with Crippen molar-refractivity contribution in [1.29, 1.82) is 0 Å². The molecule has 4 aromatic rings. The third-order valence-electron chi connectivity index (χ3n) is 7.04. The number of carbonyl (C=O) groups is 1. The van der Waals surface area contributed by atoms with Crippen molar-refractivity contribution < 1.29 is 4.79 Å². The molecule has 0 atom stereocenters. The summed E-state index contributed by atoms with van der Waals surface area (Å²) < 4.78 is 2.35. The van der Waals surface area contributed by atoms with Gasteiger partial charge in [0.25, 0.3) is 0 Å². The second-order valence-corrected chi connectivity index (χ2v) is 9.16. The van der Waals surface area contributed by atoms with Gasteiger partial charge in [-0.2, -0.15) is 0 Å². The van der Waals surface area contributed by atoms with E-state index in [1.54, 1.807) is 0 Å². The minimum Gasteiger partial charge on any atom is -0.343 e. The van der Waals surface area contributed by atoms with Crippen LogP contribution >= 0.6 is 0 Å². The van der Waals surface area contributed by atoms with Gasteiger partial charge in [-0.15, -0.1) is 0 Å². The van der Waals surface area contributed by atoms with Crippen molar-refractivity contribution in [3.63, 3.8) is 0 Å². The van der Waals surface area contributed by atoms with Gasteiger partial charge in [-0.3, -0.25) is 4.79 Å². The molecule has 168 valence electrons. The number of para-hydroxylation sites is 2. The molecule has 0 spiro atoms. The van der Waals surface area contributed by atoms with E-state index < -0.39 is 0 Å². The third kappa shape index (κ3) is 4.70. The molecule has 3 aromatic carbocycles. The maximum atomic E-state index is 13.3. The standard InChI is InChI=1S/C29H31N3O/c1-22-30-27-14-8-9-15-28(27)32(22)21-23-16-18-31(19-17-23)29(33)20-26(24-10-4-2-5-11-24)25-12-6-3-7-13-25/h2-15,23,26H,16-21H2,1H3. The highest BCUT2D eigenvalue weighted by Gasteiger charge is 2.26. The summed E-state index contributed by atoms with van der Waals surface area (Å²) in [5, 5.41) is 0. The number of likely N-dealkylation sites (tertiary alicyclic amines) is 1. The summed E-state index contributed by atoms with van der Waals surface area (Å²) in [6, 6.07) is 29.2. The second-order valence-electron chi connectivity index (χ2n) is 9.16. The summed E-state index contributed by atoms with van der Waals surface area (Å²) in [7, 11) is 0. The van der Waals surface area contributed by atoms with Crippen LogP contribution in [0.2, 0.25) is 0 Å². The first-order valence-corrected chi connectivity index (χ1v) is 12.0. The van der Waals surface area contributed by atoms with E-state index in [0.717, 1.165) is 43.8 Å². The molecule has 1 fully saturated rings. The average molecular weight is 438 g/mol. The number of imidazole rings is 1. The minimum atomic E-state index is 0.0950. The maximum Gasteiger partial charge on any atom is 0.223 e. The van der Waals surface area contributed by atoms with Gasteiger partial charge in [0.05, 0.1) is 11.0 Å². The summed E-state index contributed by atoms with van der Waals surface area (Å²) in [5.74, 6) is 2.00. The van der Waals surface area contributed by atoms with Crippen molar-refractivity contribution in [2.45, 2.75) is 38.6 Å². The smallest absolute Gasteiger partial charge is 0.223 e. The molecule has 0 saturated carbocycles. The van der Waals surface area contributed by atoms with Gasteiger partial charge in [-0.1, -0.05) is 72.8 Å². The first-order valence-electron chi connectivity index (χ1n) is 12.0. The summed E-state index contributed by atoms with van der Waals surface area (Å²) in [6.45, 7) is 4.74. The number of aromatic nitrogens is 2. The molecule has 0 unspecified atom stereocenters. The number of hydrogen-bond donors (Lipinski definition) is 0. The molecular weight excluding hydrogens is 406 g/mol. The summed E-state index contributed by atoms with van der Waals surface area (Å²) >= 11 is 0. The highest BCUT2D eigenvalue weighted by atomic mass is 16.2. The normalized spacial score (nSPS) is 14.8. The zero-order valence-electron chi connectivity index (χ0n) is 19.2. The fraction of sp³-hybridized carbons (Fsp3) is 0.310. The van der Waals surface area contributed by atoms with Crippen molar-refractivity contribution in [2.75, 3.05) is 13.1 Å². The first-order chi connectivity index (χ1) is 16.2. The first kappa shape index (κ1) is 21.4. The Morgan fingerprint density at radius 1 is 0.879 bits per heavy atom. The Morgan fingerprint density at radius 2 is 1.45 bits per heavy atom. The zero-order chi connectivity index (χ0) is 22.6. The lowest BCUT2D eigenvalue weighted by atomic mass is 9.87. The number of carbonyl (C=O) groups excluding carboxylic acids is 1. The molecule has 0 aliphatic carbocycles. The second kappa shape index (κ2) is 9.62. The lowest BCUT2D eigenvalue weighted by Crippen LogP contribution is -2.40. The summed E-state index contributed by atoms with van der Waals surface area (Å²) in [5.41, 5.74) is 4.68. The molecule has 1 aliphatic heterocycles. The van der Waals surface area contributed by atoms with E-state index in [2.05, 4.69) is 83.1 Å². The van der Waals surface area contributed by atoms with Gasteiger partial charge < -0.3 is 9.47 Å². The Balaban J connectivity index is 1.24. The molecular formula is C29H31N3O. The monoisotopic (exact) mass is 437 g/mol. The van der Waals surface area contributed by atoms with Crippen LogP contribution < -0.4 is 0 Å². The molecule has 1 aliphatic rings. The van der Waals surface area contributed by atoms with E-state index in [1.165, 1.54) is 16.6 Å². The number of piperidine rings is 1. The Bertz CT molecular complexity index is 1170. The van der Waals surface area contributed by atoms with E-state index in [4.69, 9.17) is 4.98 Å². The Labute approximate surface area is 195 Å². The highest BCUT2D eigenvalue weighted by Crippen LogP contribution is 2.30. The van der Waals surface area contributed by atoms with E-state index >= 15 is 0 Å². The number of aryl methyl sites for hydroxylation is 1. The number of rotatable bonds is 6. The Kier molecular flexibility index (Phi) is 6.25. The Morgan fingerprint density at radius 3 is 2.09 bits per heavy atom. The van der Waals surface area contributed by atoms with Crippen LogP contribution in [0.4, 0.5) is 0 Å². The highest BCUT2D eigenvalue weighted by molar-refractivity contribution is 5.78. The molecule has 1 saturated heterocycles. The van der Waals surface area contributed by atoms with Gasteiger partial charge in [0, 0.05) is 32.0 Å². The molecule has 1 aromatic heterocycles.